The highest BCUT2D eigenvalue weighted by Gasteiger charge is 2.05. The van der Waals surface area contributed by atoms with E-state index in [0.29, 0.717) is 18.4 Å². The number of nitrogens with zero attached hydrogens (tertiary/aromatic N) is 2. The van der Waals surface area contributed by atoms with Gasteiger partial charge >= 0.3 is 0 Å². The van der Waals surface area contributed by atoms with Crippen molar-refractivity contribution in [3.63, 3.8) is 0 Å². The molecule has 6 heteroatoms. The first-order chi connectivity index (χ1) is 9.95. The van der Waals surface area contributed by atoms with Crippen molar-refractivity contribution in [3.05, 3.63) is 44.3 Å². The van der Waals surface area contributed by atoms with Crippen LogP contribution in [0.4, 0.5) is 5.69 Å². The van der Waals surface area contributed by atoms with Crippen LogP contribution in [0.1, 0.15) is 36.0 Å². The number of benzene rings is 1. The van der Waals surface area contributed by atoms with Crippen LogP contribution in [0.5, 0.6) is 0 Å². The van der Waals surface area contributed by atoms with Gasteiger partial charge in [0.1, 0.15) is 5.01 Å². The van der Waals surface area contributed by atoms with Crippen LogP contribution in [0.25, 0.3) is 0 Å². The third-order valence-corrected chi connectivity index (χ3v) is 4.98. The molecular weight excluding hydrogens is 348 g/mol. The van der Waals surface area contributed by atoms with E-state index in [1.807, 2.05) is 19.1 Å². The minimum absolute atomic E-state index is 0.403. The van der Waals surface area contributed by atoms with E-state index in [2.05, 4.69) is 57.2 Å². The van der Waals surface area contributed by atoms with Gasteiger partial charge in [-0.25, -0.2) is 9.98 Å². The maximum Gasteiger partial charge on any atom is 0.193 e. The Labute approximate surface area is 137 Å². The lowest BCUT2D eigenvalue weighted by Crippen LogP contribution is -2.22. The molecule has 21 heavy (non-hydrogen) atoms. The fraction of sp³-hybridized carbons (Fsp3) is 0.333. The van der Waals surface area contributed by atoms with Crippen molar-refractivity contribution in [2.24, 2.45) is 10.7 Å². The van der Waals surface area contributed by atoms with Crippen molar-refractivity contribution < 1.29 is 0 Å². The van der Waals surface area contributed by atoms with Gasteiger partial charge in [0, 0.05) is 5.69 Å². The van der Waals surface area contributed by atoms with Crippen LogP contribution in [0.2, 0.25) is 0 Å². The highest BCUT2D eigenvalue weighted by atomic mass is 79.9. The molecule has 0 saturated heterocycles. The van der Waals surface area contributed by atoms with E-state index < -0.39 is 0 Å². The average Bonchev–Trinajstić information content (AvgIpc) is 2.76. The molecule has 0 bridgehead atoms. The number of aryl methyl sites for hydroxylation is 1. The molecule has 4 nitrogen and oxygen atoms in total. The van der Waals surface area contributed by atoms with Crippen LogP contribution in [0, 0.1) is 6.92 Å². The molecular formula is C15H19BrN4S. The third-order valence-electron chi connectivity index (χ3n) is 2.99. The quantitative estimate of drug-likeness (QED) is 0.627. The van der Waals surface area contributed by atoms with Gasteiger partial charge in [-0.1, -0.05) is 26.0 Å². The predicted octanol–water partition coefficient (Wildman–Crippen LogP) is 4.26. The number of halogens is 1. The average molecular weight is 367 g/mol. The van der Waals surface area contributed by atoms with E-state index in [-0.39, 0.29) is 0 Å². The molecule has 0 saturated carbocycles. The van der Waals surface area contributed by atoms with Gasteiger partial charge in [0.2, 0.25) is 0 Å². The summed E-state index contributed by atoms with van der Waals surface area (Å²) in [4.78, 5) is 8.74. The zero-order valence-electron chi connectivity index (χ0n) is 12.4. The summed E-state index contributed by atoms with van der Waals surface area (Å²) in [7, 11) is 0. The molecule has 2 rings (SSSR count). The third kappa shape index (κ3) is 4.54. The van der Waals surface area contributed by atoms with Gasteiger partial charge in [-0.3, -0.25) is 0 Å². The van der Waals surface area contributed by atoms with Crippen LogP contribution < -0.4 is 11.1 Å². The molecule has 0 aliphatic heterocycles. The first kappa shape index (κ1) is 16.0. The molecule has 0 aliphatic carbocycles. The highest BCUT2D eigenvalue weighted by Crippen LogP contribution is 2.24. The number of aromatic nitrogens is 1. The van der Waals surface area contributed by atoms with E-state index in [1.54, 1.807) is 11.3 Å². The molecule has 1 aromatic heterocycles. The molecule has 1 heterocycles. The Kier molecular flexibility index (Phi) is 5.36. The first-order valence-electron chi connectivity index (χ1n) is 6.74. The fourth-order valence-electron chi connectivity index (χ4n) is 1.81. The summed E-state index contributed by atoms with van der Waals surface area (Å²) < 4.78 is 1.05. The SMILES string of the molecule is Cc1nc(CN=C(N)Nc2cccc(C(C)C)c2)sc1Br. The molecule has 1 aromatic carbocycles. The van der Waals surface area contributed by atoms with Crippen molar-refractivity contribution in [2.45, 2.75) is 33.2 Å². The lowest BCUT2D eigenvalue weighted by molar-refractivity contribution is 0.867. The summed E-state index contributed by atoms with van der Waals surface area (Å²) in [5, 5.41) is 4.07. The monoisotopic (exact) mass is 366 g/mol. The summed E-state index contributed by atoms with van der Waals surface area (Å²) in [5.41, 5.74) is 9.14. The molecule has 0 spiro atoms. The van der Waals surface area contributed by atoms with Gasteiger partial charge in [-0.15, -0.1) is 11.3 Å². The second-order valence-corrected chi connectivity index (χ2v) is 7.47. The van der Waals surface area contributed by atoms with E-state index in [0.717, 1.165) is 20.2 Å². The van der Waals surface area contributed by atoms with Gasteiger partial charge in [0.25, 0.3) is 0 Å². The standard InChI is InChI=1S/C15H19BrN4S/c1-9(2)11-5-4-6-12(7-11)20-15(17)18-8-13-19-10(3)14(16)21-13/h4-7,9H,8H2,1-3H3,(H3,17,18,20). The fourth-order valence-corrected chi connectivity index (χ4v) is 3.18. The number of guanidine groups is 1. The van der Waals surface area contributed by atoms with Gasteiger partial charge in [-0.2, -0.15) is 0 Å². The van der Waals surface area contributed by atoms with E-state index >= 15 is 0 Å². The molecule has 3 N–H and O–H groups in total. The Balaban J connectivity index is 2.01. The first-order valence-corrected chi connectivity index (χ1v) is 8.35. The zero-order valence-corrected chi connectivity index (χ0v) is 14.8. The number of nitrogens with one attached hydrogen (secondary N) is 1. The van der Waals surface area contributed by atoms with E-state index in [1.165, 1.54) is 5.56 Å². The molecule has 2 aromatic rings. The largest absolute Gasteiger partial charge is 0.370 e. The number of thiazole rings is 1. The van der Waals surface area contributed by atoms with E-state index in [9.17, 15) is 0 Å². The summed E-state index contributed by atoms with van der Waals surface area (Å²) in [6, 6.07) is 8.21. The van der Waals surface area contributed by atoms with Crippen LogP contribution in [-0.4, -0.2) is 10.9 Å². The number of hydrogen-bond donors (Lipinski definition) is 2. The second-order valence-electron chi connectivity index (χ2n) is 5.07. The summed E-state index contributed by atoms with van der Waals surface area (Å²) in [5.74, 6) is 0.889. The molecule has 0 atom stereocenters. The summed E-state index contributed by atoms with van der Waals surface area (Å²) >= 11 is 5.04. The Hall–Kier alpha value is -1.40. The van der Waals surface area contributed by atoms with Gasteiger partial charge < -0.3 is 11.1 Å². The number of anilines is 1. The lowest BCUT2D eigenvalue weighted by atomic mass is 10.0. The van der Waals surface area contributed by atoms with Crippen molar-refractivity contribution in [3.8, 4) is 0 Å². The highest BCUT2D eigenvalue weighted by molar-refractivity contribution is 9.11. The van der Waals surface area contributed by atoms with Gasteiger partial charge in [0.15, 0.2) is 5.96 Å². The van der Waals surface area contributed by atoms with E-state index in [4.69, 9.17) is 5.73 Å². The maximum absolute atomic E-state index is 5.93. The normalized spacial score (nSPS) is 12.0. The van der Waals surface area contributed by atoms with Crippen LogP contribution in [0.15, 0.2) is 33.0 Å². The minimum Gasteiger partial charge on any atom is -0.370 e. The number of hydrogen-bond acceptors (Lipinski definition) is 3. The maximum atomic E-state index is 5.93. The second kappa shape index (κ2) is 7.04. The summed E-state index contributed by atoms with van der Waals surface area (Å²) in [6.07, 6.45) is 0. The van der Waals surface area contributed by atoms with Crippen molar-refractivity contribution in [1.82, 2.24) is 4.98 Å². The Bertz CT molecular complexity index is 629. The number of aliphatic imine (C=N–C) groups is 1. The molecule has 0 fully saturated rings. The Morgan fingerprint density at radius 3 is 2.86 bits per heavy atom. The van der Waals surface area contributed by atoms with Crippen LogP contribution >= 0.6 is 27.3 Å². The van der Waals surface area contributed by atoms with Crippen molar-refractivity contribution in [2.75, 3.05) is 5.32 Å². The van der Waals surface area contributed by atoms with Gasteiger partial charge in [0.05, 0.1) is 16.0 Å². The molecule has 0 radical (unpaired) electrons. The Morgan fingerprint density at radius 2 is 2.24 bits per heavy atom. The molecule has 0 unspecified atom stereocenters. The molecule has 0 aliphatic rings. The smallest absolute Gasteiger partial charge is 0.193 e. The Morgan fingerprint density at radius 1 is 1.48 bits per heavy atom. The van der Waals surface area contributed by atoms with Crippen molar-refractivity contribution >= 4 is 38.9 Å². The van der Waals surface area contributed by atoms with Crippen molar-refractivity contribution in [1.29, 1.82) is 0 Å². The number of rotatable bonds is 4. The molecule has 0 amide bonds. The zero-order chi connectivity index (χ0) is 15.4. The minimum atomic E-state index is 0.403. The van der Waals surface area contributed by atoms with Gasteiger partial charge in [-0.05, 0) is 46.5 Å². The topological polar surface area (TPSA) is 63.3 Å². The van der Waals surface area contributed by atoms with Crippen LogP contribution in [0.3, 0.4) is 0 Å². The predicted molar refractivity (Wildman–Crippen MR) is 94.0 cm³/mol. The molecule has 112 valence electrons. The summed E-state index contributed by atoms with van der Waals surface area (Å²) in [6.45, 7) is 6.78. The van der Waals surface area contributed by atoms with Crippen LogP contribution in [-0.2, 0) is 6.54 Å². The lowest BCUT2D eigenvalue weighted by Gasteiger charge is -2.09. The number of nitrogens with two attached hydrogens (primary N) is 1.